The van der Waals surface area contributed by atoms with E-state index in [4.69, 9.17) is 4.74 Å². The number of carbonyl (C=O) groups excluding carboxylic acids is 1. The van der Waals surface area contributed by atoms with Crippen molar-refractivity contribution in [3.63, 3.8) is 0 Å². The van der Waals surface area contributed by atoms with Gasteiger partial charge in [0, 0.05) is 11.1 Å². The van der Waals surface area contributed by atoms with E-state index in [0.717, 1.165) is 0 Å². The Balaban J connectivity index is 3.70. The number of hydrogen-bond donors (Lipinski definition) is 2. The van der Waals surface area contributed by atoms with Gasteiger partial charge in [0.05, 0.1) is 7.11 Å². The van der Waals surface area contributed by atoms with Gasteiger partial charge in [0.1, 0.15) is 22.8 Å². The first-order valence-corrected chi connectivity index (χ1v) is 4.51. The number of aromatic hydroxyl groups is 2. The fraction of sp³-hybridized carbons (Fsp3) is 0.364. The molecular weight excluding hydrogens is 196 g/mol. The van der Waals surface area contributed by atoms with Gasteiger partial charge in [-0.3, -0.25) is 4.79 Å². The Morgan fingerprint density at radius 3 is 2.07 bits per heavy atom. The lowest BCUT2D eigenvalue weighted by atomic mass is 10.00. The summed E-state index contributed by atoms with van der Waals surface area (Å²) in [5, 5.41) is 19.4. The van der Waals surface area contributed by atoms with Gasteiger partial charge in [0.2, 0.25) is 0 Å². The highest BCUT2D eigenvalue weighted by molar-refractivity contribution is 6.01. The molecule has 0 radical (unpaired) electrons. The van der Waals surface area contributed by atoms with Crippen LogP contribution in [0.25, 0.3) is 0 Å². The minimum absolute atomic E-state index is 0.0469. The summed E-state index contributed by atoms with van der Waals surface area (Å²) in [7, 11) is 1.39. The standard InChI is InChI=1S/C11H14O4/c1-5-9(13)6(2)11(15-4)8(7(3)12)10(5)14/h13-14H,1-4H3. The van der Waals surface area contributed by atoms with Gasteiger partial charge < -0.3 is 14.9 Å². The number of phenolic OH excluding ortho intramolecular Hbond substituents is 2. The Kier molecular flexibility index (Phi) is 2.88. The van der Waals surface area contributed by atoms with Crippen LogP contribution >= 0.6 is 0 Å². The van der Waals surface area contributed by atoms with Crippen molar-refractivity contribution in [1.29, 1.82) is 0 Å². The Bertz CT molecular complexity index is 421. The van der Waals surface area contributed by atoms with E-state index in [0.29, 0.717) is 11.1 Å². The molecule has 0 aromatic heterocycles. The maximum atomic E-state index is 11.3. The highest BCUT2D eigenvalue weighted by Crippen LogP contribution is 2.41. The Labute approximate surface area is 88.1 Å². The summed E-state index contributed by atoms with van der Waals surface area (Å²) in [6.07, 6.45) is 0. The minimum Gasteiger partial charge on any atom is -0.507 e. The van der Waals surface area contributed by atoms with Gasteiger partial charge in [0.25, 0.3) is 0 Å². The van der Waals surface area contributed by atoms with Gasteiger partial charge in [-0.15, -0.1) is 0 Å². The third kappa shape index (κ3) is 1.63. The molecule has 0 aliphatic carbocycles. The van der Waals surface area contributed by atoms with Gasteiger partial charge in [-0.2, -0.15) is 0 Å². The number of phenols is 2. The van der Waals surface area contributed by atoms with Gasteiger partial charge in [-0.1, -0.05) is 0 Å². The number of hydrogen-bond acceptors (Lipinski definition) is 4. The summed E-state index contributed by atoms with van der Waals surface area (Å²) < 4.78 is 5.01. The third-order valence-corrected chi connectivity index (χ3v) is 2.43. The first-order valence-electron chi connectivity index (χ1n) is 4.51. The molecule has 0 atom stereocenters. The molecule has 0 unspecified atom stereocenters. The predicted molar refractivity (Wildman–Crippen MR) is 55.8 cm³/mol. The predicted octanol–water partition coefficient (Wildman–Crippen LogP) is 1.93. The van der Waals surface area contributed by atoms with E-state index < -0.39 is 0 Å². The number of ketones is 1. The van der Waals surface area contributed by atoms with Crippen molar-refractivity contribution < 1.29 is 19.7 Å². The quantitative estimate of drug-likeness (QED) is 0.732. The smallest absolute Gasteiger partial charge is 0.167 e. The van der Waals surface area contributed by atoms with E-state index >= 15 is 0 Å². The normalized spacial score (nSPS) is 10.1. The van der Waals surface area contributed by atoms with Crippen LogP contribution in [0.5, 0.6) is 17.2 Å². The Morgan fingerprint density at radius 1 is 1.13 bits per heavy atom. The maximum Gasteiger partial charge on any atom is 0.167 e. The number of rotatable bonds is 2. The fourth-order valence-electron chi connectivity index (χ4n) is 1.57. The summed E-state index contributed by atoms with van der Waals surface area (Å²) in [5.41, 5.74) is 0.863. The van der Waals surface area contributed by atoms with E-state index in [2.05, 4.69) is 0 Å². The van der Waals surface area contributed by atoms with Crippen LogP contribution in [0.3, 0.4) is 0 Å². The van der Waals surface area contributed by atoms with Gasteiger partial charge in [0.15, 0.2) is 5.78 Å². The molecular formula is C11H14O4. The Morgan fingerprint density at radius 2 is 1.67 bits per heavy atom. The summed E-state index contributed by atoms with van der Waals surface area (Å²) in [5.74, 6) is -0.338. The lowest BCUT2D eigenvalue weighted by molar-refractivity contribution is 0.101. The molecule has 4 heteroatoms. The van der Waals surface area contributed by atoms with E-state index in [-0.39, 0.29) is 28.6 Å². The summed E-state index contributed by atoms with van der Waals surface area (Å²) >= 11 is 0. The maximum absolute atomic E-state index is 11.3. The molecule has 0 spiro atoms. The van der Waals surface area contributed by atoms with E-state index in [1.165, 1.54) is 14.0 Å². The van der Waals surface area contributed by atoms with Crippen LogP contribution in [-0.2, 0) is 0 Å². The molecule has 0 heterocycles. The highest BCUT2D eigenvalue weighted by atomic mass is 16.5. The zero-order valence-corrected chi connectivity index (χ0v) is 9.21. The Hall–Kier alpha value is -1.71. The van der Waals surface area contributed by atoms with Gasteiger partial charge in [-0.05, 0) is 20.8 Å². The lowest BCUT2D eigenvalue weighted by Crippen LogP contribution is -2.02. The monoisotopic (exact) mass is 210 g/mol. The third-order valence-electron chi connectivity index (χ3n) is 2.43. The lowest BCUT2D eigenvalue weighted by Gasteiger charge is -2.15. The molecule has 0 fully saturated rings. The molecule has 0 amide bonds. The number of ether oxygens (including phenoxy) is 1. The van der Waals surface area contributed by atoms with Crippen molar-refractivity contribution in [2.75, 3.05) is 7.11 Å². The summed E-state index contributed by atoms with van der Waals surface area (Å²) in [4.78, 5) is 11.3. The van der Waals surface area contributed by atoms with Crippen LogP contribution in [0.4, 0.5) is 0 Å². The largest absolute Gasteiger partial charge is 0.507 e. The molecule has 15 heavy (non-hydrogen) atoms. The second kappa shape index (κ2) is 3.81. The molecule has 4 nitrogen and oxygen atoms in total. The van der Waals surface area contributed by atoms with Gasteiger partial charge in [-0.25, -0.2) is 0 Å². The van der Waals surface area contributed by atoms with E-state index in [9.17, 15) is 15.0 Å². The molecule has 82 valence electrons. The van der Waals surface area contributed by atoms with Crippen LogP contribution < -0.4 is 4.74 Å². The SMILES string of the molecule is COc1c(C)c(O)c(C)c(O)c1C(C)=O. The number of Topliss-reactive ketones (excluding diaryl/α,β-unsaturated/α-hetero) is 1. The average Bonchev–Trinajstić information content (AvgIpc) is 2.19. The minimum atomic E-state index is -0.296. The second-order valence-electron chi connectivity index (χ2n) is 3.41. The van der Waals surface area contributed by atoms with Crippen LogP contribution in [-0.4, -0.2) is 23.1 Å². The van der Waals surface area contributed by atoms with E-state index in [1.54, 1.807) is 13.8 Å². The molecule has 1 aromatic rings. The van der Waals surface area contributed by atoms with Crippen LogP contribution in [0, 0.1) is 13.8 Å². The van der Waals surface area contributed by atoms with Crippen LogP contribution in [0.1, 0.15) is 28.4 Å². The number of methoxy groups -OCH3 is 1. The average molecular weight is 210 g/mol. The molecule has 0 bridgehead atoms. The van der Waals surface area contributed by atoms with Crippen molar-refractivity contribution in [2.45, 2.75) is 20.8 Å². The molecule has 0 saturated carbocycles. The molecule has 1 rings (SSSR count). The zero-order chi connectivity index (χ0) is 11.7. The van der Waals surface area contributed by atoms with Crippen molar-refractivity contribution in [2.24, 2.45) is 0 Å². The number of benzene rings is 1. The van der Waals surface area contributed by atoms with Crippen molar-refractivity contribution in [1.82, 2.24) is 0 Å². The van der Waals surface area contributed by atoms with Crippen LogP contribution in [0.15, 0.2) is 0 Å². The van der Waals surface area contributed by atoms with Gasteiger partial charge >= 0.3 is 0 Å². The second-order valence-corrected chi connectivity index (χ2v) is 3.41. The van der Waals surface area contributed by atoms with Crippen molar-refractivity contribution in [3.8, 4) is 17.2 Å². The topological polar surface area (TPSA) is 66.8 Å². The fourth-order valence-corrected chi connectivity index (χ4v) is 1.57. The first kappa shape index (κ1) is 11.4. The van der Waals surface area contributed by atoms with Crippen LogP contribution in [0.2, 0.25) is 0 Å². The number of carbonyl (C=O) groups is 1. The molecule has 1 aromatic carbocycles. The molecule has 0 aliphatic heterocycles. The molecule has 0 aliphatic rings. The zero-order valence-electron chi connectivity index (χ0n) is 9.21. The summed E-state index contributed by atoms with van der Waals surface area (Å²) in [6.45, 7) is 4.52. The molecule has 0 saturated heterocycles. The molecule has 2 N–H and O–H groups in total. The first-order chi connectivity index (χ1) is 6.91. The summed E-state index contributed by atoms with van der Waals surface area (Å²) in [6, 6.07) is 0. The van der Waals surface area contributed by atoms with Crippen molar-refractivity contribution in [3.05, 3.63) is 16.7 Å². The van der Waals surface area contributed by atoms with Crippen molar-refractivity contribution >= 4 is 5.78 Å². The van der Waals surface area contributed by atoms with E-state index in [1.807, 2.05) is 0 Å². The highest BCUT2D eigenvalue weighted by Gasteiger charge is 2.22.